The predicted molar refractivity (Wildman–Crippen MR) is 83.2 cm³/mol. The van der Waals surface area contributed by atoms with E-state index in [4.69, 9.17) is 14.2 Å². The summed E-state index contributed by atoms with van der Waals surface area (Å²) in [4.78, 5) is 14.5. The molecule has 1 aliphatic rings. The summed E-state index contributed by atoms with van der Waals surface area (Å²) in [5.41, 5.74) is 1.34. The fraction of sp³-hybridized carbons (Fsp3) is 0.235. The van der Waals surface area contributed by atoms with E-state index in [2.05, 4.69) is 0 Å². The Kier molecular flexibility index (Phi) is 3.87. The van der Waals surface area contributed by atoms with Crippen LogP contribution in [0.25, 0.3) is 0 Å². The molecule has 0 unspecified atom stereocenters. The highest BCUT2D eigenvalue weighted by Crippen LogP contribution is 2.33. The van der Waals surface area contributed by atoms with Crippen LogP contribution in [-0.4, -0.2) is 33.3 Å². The Hall–Kier alpha value is -2.69. The molecule has 1 heterocycles. The zero-order valence-corrected chi connectivity index (χ0v) is 12.5. The highest BCUT2D eigenvalue weighted by atomic mass is 16.5. The van der Waals surface area contributed by atoms with E-state index >= 15 is 0 Å². The summed E-state index contributed by atoms with van der Waals surface area (Å²) >= 11 is 0. The number of hydrogen-bond donors (Lipinski definition) is 0. The minimum absolute atomic E-state index is 0.0864. The summed E-state index contributed by atoms with van der Waals surface area (Å²) < 4.78 is 16.0. The maximum Gasteiger partial charge on any atom is 0.258 e. The molecule has 2 aromatic carbocycles. The fourth-order valence-electron chi connectivity index (χ4n) is 2.51. The molecule has 2 aromatic rings. The SMILES string of the molecule is COc1ccc(C(=O)N2CCOc3ccccc32)cc1OC. The maximum atomic E-state index is 12.8. The van der Waals surface area contributed by atoms with Crippen molar-refractivity contribution in [3.05, 3.63) is 48.0 Å². The van der Waals surface area contributed by atoms with Crippen LogP contribution in [0, 0.1) is 0 Å². The van der Waals surface area contributed by atoms with Gasteiger partial charge in [0.2, 0.25) is 0 Å². The largest absolute Gasteiger partial charge is 0.493 e. The molecule has 5 nitrogen and oxygen atoms in total. The molecule has 22 heavy (non-hydrogen) atoms. The van der Waals surface area contributed by atoms with Crippen LogP contribution in [0.2, 0.25) is 0 Å². The van der Waals surface area contributed by atoms with E-state index in [1.807, 2.05) is 24.3 Å². The van der Waals surface area contributed by atoms with Gasteiger partial charge in [-0.2, -0.15) is 0 Å². The number of carbonyl (C=O) groups is 1. The average molecular weight is 299 g/mol. The summed E-state index contributed by atoms with van der Waals surface area (Å²) in [6, 6.07) is 12.7. The van der Waals surface area contributed by atoms with Crippen molar-refractivity contribution in [1.29, 1.82) is 0 Å². The molecular weight excluding hydrogens is 282 g/mol. The standard InChI is InChI=1S/C17H17NO4/c1-20-15-8-7-12(11-16(15)21-2)17(19)18-9-10-22-14-6-4-3-5-13(14)18/h3-8,11H,9-10H2,1-2H3. The number of para-hydroxylation sites is 2. The molecule has 0 atom stereocenters. The molecule has 0 saturated heterocycles. The van der Waals surface area contributed by atoms with Crippen molar-refractivity contribution in [3.63, 3.8) is 0 Å². The van der Waals surface area contributed by atoms with Crippen LogP contribution < -0.4 is 19.1 Å². The van der Waals surface area contributed by atoms with Crippen molar-refractivity contribution in [2.75, 3.05) is 32.3 Å². The number of hydrogen-bond acceptors (Lipinski definition) is 4. The Labute approximate surface area is 129 Å². The van der Waals surface area contributed by atoms with Crippen molar-refractivity contribution in [3.8, 4) is 17.2 Å². The molecule has 0 aromatic heterocycles. The molecule has 0 fully saturated rings. The number of methoxy groups -OCH3 is 2. The Balaban J connectivity index is 1.95. The van der Waals surface area contributed by atoms with Crippen LogP contribution in [0.4, 0.5) is 5.69 Å². The van der Waals surface area contributed by atoms with E-state index < -0.39 is 0 Å². The summed E-state index contributed by atoms with van der Waals surface area (Å²) in [6.07, 6.45) is 0. The molecule has 3 rings (SSSR count). The lowest BCUT2D eigenvalue weighted by Crippen LogP contribution is -2.37. The van der Waals surface area contributed by atoms with E-state index in [1.54, 1.807) is 37.3 Å². The van der Waals surface area contributed by atoms with Gasteiger partial charge in [-0.3, -0.25) is 4.79 Å². The number of benzene rings is 2. The van der Waals surface area contributed by atoms with Crippen molar-refractivity contribution in [2.45, 2.75) is 0 Å². The molecule has 1 amide bonds. The highest BCUT2D eigenvalue weighted by molar-refractivity contribution is 6.07. The molecular formula is C17H17NO4. The second-order valence-electron chi connectivity index (χ2n) is 4.84. The van der Waals surface area contributed by atoms with Gasteiger partial charge in [-0.25, -0.2) is 0 Å². The molecule has 0 bridgehead atoms. The first-order valence-corrected chi connectivity index (χ1v) is 7.00. The third kappa shape index (κ3) is 2.45. The van der Waals surface area contributed by atoms with Crippen molar-refractivity contribution in [2.24, 2.45) is 0 Å². The van der Waals surface area contributed by atoms with Crippen LogP contribution in [0.3, 0.4) is 0 Å². The molecule has 0 aliphatic carbocycles. The Bertz CT molecular complexity index is 699. The number of nitrogens with zero attached hydrogens (tertiary/aromatic N) is 1. The zero-order chi connectivity index (χ0) is 15.5. The maximum absolute atomic E-state index is 12.8. The summed E-state index contributed by atoms with van der Waals surface area (Å²) in [7, 11) is 3.12. The lowest BCUT2D eigenvalue weighted by Gasteiger charge is -2.29. The number of fused-ring (bicyclic) bond motifs is 1. The van der Waals surface area contributed by atoms with E-state index in [1.165, 1.54) is 0 Å². The fourth-order valence-corrected chi connectivity index (χ4v) is 2.51. The third-order valence-electron chi connectivity index (χ3n) is 3.60. The normalized spacial score (nSPS) is 13.1. The lowest BCUT2D eigenvalue weighted by molar-refractivity contribution is 0.0976. The minimum atomic E-state index is -0.0864. The van der Waals surface area contributed by atoms with E-state index in [9.17, 15) is 4.79 Å². The minimum Gasteiger partial charge on any atom is -0.493 e. The van der Waals surface area contributed by atoms with Crippen molar-refractivity contribution in [1.82, 2.24) is 0 Å². The summed E-state index contributed by atoms with van der Waals surface area (Å²) in [5.74, 6) is 1.77. The highest BCUT2D eigenvalue weighted by Gasteiger charge is 2.25. The van der Waals surface area contributed by atoms with Gasteiger partial charge >= 0.3 is 0 Å². The first-order chi connectivity index (χ1) is 10.7. The first-order valence-electron chi connectivity index (χ1n) is 7.00. The predicted octanol–water partition coefficient (Wildman–Crippen LogP) is 2.74. The van der Waals surface area contributed by atoms with Gasteiger partial charge in [0.25, 0.3) is 5.91 Å². The average Bonchev–Trinajstić information content (AvgIpc) is 2.60. The Morgan fingerprint density at radius 2 is 1.86 bits per heavy atom. The van der Waals surface area contributed by atoms with Gasteiger partial charge in [-0.15, -0.1) is 0 Å². The van der Waals surface area contributed by atoms with E-state index in [0.29, 0.717) is 30.2 Å². The van der Waals surface area contributed by atoms with Crippen LogP contribution >= 0.6 is 0 Å². The Morgan fingerprint density at radius 3 is 2.64 bits per heavy atom. The van der Waals surface area contributed by atoms with E-state index in [-0.39, 0.29) is 5.91 Å². The van der Waals surface area contributed by atoms with Crippen LogP contribution in [0.5, 0.6) is 17.2 Å². The summed E-state index contributed by atoms with van der Waals surface area (Å²) in [6.45, 7) is 1.00. The number of rotatable bonds is 3. The van der Waals surface area contributed by atoms with Gasteiger partial charge < -0.3 is 19.1 Å². The molecule has 0 radical (unpaired) electrons. The number of carbonyl (C=O) groups excluding carboxylic acids is 1. The van der Waals surface area contributed by atoms with Gasteiger partial charge in [0.15, 0.2) is 11.5 Å². The molecule has 0 N–H and O–H groups in total. The molecule has 0 spiro atoms. The third-order valence-corrected chi connectivity index (χ3v) is 3.60. The molecule has 1 aliphatic heterocycles. The van der Waals surface area contributed by atoms with Crippen LogP contribution in [-0.2, 0) is 0 Å². The monoisotopic (exact) mass is 299 g/mol. The van der Waals surface area contributed by atoms with Crippen molar-refractivity contribution < 1.29 is 19.0 Å². The lowest BCUT2D eigenvalue weighted by atomic mass is 10.1. The number of amides is 1. The quantitative estimate of drug-likeness (QED) is 0.874. The van der Waals surface area contributed by atoms with Crippen molar-refractivity contribution >= 4 is 11.6 Å². The first kappa shape index (κ1) is 14.3. The van der Waals surface area contributed by atoms with E-state index in [0.717, 1.165) is 11.4 Å². The van der Waals surface area contributed by atoms with Gasteiger partial charge in [-0.05, 0) is 30.3 Å². The van der Waals surface area contributed by atoms with Gasteiger partial charge in [0.1, 0.15) is 12.4 Å². The Morgan fingerprint density at radius 1 is 1.09 bits per heavy atom. The van der Waals surface area contributed by atoms with Gasteiger partial charge in [0, 0.05) is 5.56 Å². The number of anilines is 1. The van der Waals surface area contributed by atoms with Gasteiger partial charge in [0.05, 0.1) is 26.5 Å². The summed E-state index contributed by atoms with van der Waals surface area (Å²) in [5, 5.41) is 0. The second kappa shape index (κ2) is 5.97. The zero-order valence-electron chi connectivity index (χ0n) is 12.5. The second-order valence-corrected chi connectivity index (χ2v) is 4.84. The molecule has 0 saturated carbocycles. The van der Waals surface area contributed by atoms with Crippen LogP contribution in [0.15, 0.2) is 42.5 Å². The van der Waals surface area contributed by atoms with Crippen LogP contribution in [0.1, 0.15) is 10.4 Å². The topological polar surface area (TPSA) is 48.0 Å². The molecule has 114 valence electrons. The number of ether oxygens (including phenoxy) is 3. The van der Waals surface area contributed by atoms with Gasteiger partial charge in [-0.1, -0.05) is 12.1 Å². The molecule has 5 heteroatoms. The smallest absolute Gasteiger partial charge is 0.258 e.